The highest BCUT2D eigenvalue weighted by atomic mass is 16.4. The topological polar surface area (TPSA) is 66.3 Å². The molecule has 0 unspecified atom stereocenters. The van der Waals surface area contributed by atoms with Gasteiger partial charge < -0.3 is 5.11 Å². The number of aromatic nitrogens is 2. The molecule has 1 saturated heterocycles. The molecular formula is C22H21N3O2. The second kappa shape index (κ2) is 7.68. The fourth-order valence-electron chi connectivity index (χ4n) is 3.73. The molecule has 1 aromatic carbocycles. The Morgan fingerprint density at radius 1 is 1.07 bits per heavy atom. The third kappa shape index (κ3) is 3.73. The van der Waals surface area contributed by atoms with Crippen LogP contribution in [0, 0.1) is 0 Å². The lowest BCUT2D eigenvalue weighted by Gasteiger charge is -2.23. The number of nitrogens with zero attached hydrogens (tertiary/aromatic N) is 3. The van der Waals surface area contributed by atoms with Gasteiger partial charge in [-0.05, 0) is 49.2 Å². The molecule has 4 rings (SSSR count). The Kier molecular flexibility index (Phi) is 4.94. The van der Waals surface area contributed by atoms with Gasteiger partial charge in [-0.3, -0.25) is 14.9 Å². The van der Waals surface area contributed by atoms with E-state index in [4.69, 9.17) is 0 Å². The molecule has 0 bridgehead atoms. The molecule has 2 aromatic heterocycles. The summed E-state index contributed by atoms with van der Waals surface area (Å²) in [5.41, 5.74) is 3.90. The average molecular weight is 359 g/mol. The molecule has 3 aromatic rings. The molecular weight excluding hydrogens is 338 g/mol. The van der Waals surface area contributed by atoms with E-state index in [1.54, 1.807) is 18.3 Å². The minimum Gasteiger partial charge on any atom is -0.478 e. The van der Waals surface area contributed by atoms with Crippen molar-refractivity contribution in [3.05, 3.63) is 83.9 Å². The minimum absolute atomic E-state index is 0.293. The van der Waals surface area contributed by atoms with Crippen molar-refractivity contribution in [1.82, 2.24) is 14.9 Å². The Morgan fingerprint density at radius 2 is 1.93 bits per heavy atom. The van der Waals surface area contributed by atoms with Gasteiger partial charge in [0.05, 0.1) is 23.0 Å². The fourth-order valence-corrected chi connectivity index (χ4v) is 3.73. The lowest BCUT2D eigenvalue weighted by Crippen LogP contribution is -2.23. The van der Waals surface area contributed by atoms with Gasteiger partial charge in [-0.15, -0.1) is 0 Å². The zero-order valence-corrected chi connectivity index (χ0v) is 15.0. The Labute approximate surface area is 158 Å². The van der Waals surface area contributed by atoms with Crippen LogP contribution in [0.3, 0.4) is 0 Å². The second-order valence-electron chi connectivity index (χ2n) is 6.77. The minimum atomic E-state index is -0.926. The zero-order valence-electron chi connectivity index (χ0n) is 15.0. The van der Waals surface area contributed by atoms with Crippen LogP contribution in [-0.4, -0.2) is 32.5 Å². The number of hydrogen-bond donors (Lipinski definition) is 1. The number of rotatable bonds is 5. The number of likely N-dealkylation sites (tertiary alicyclic amines) is 1. The van der Waals surface area contributed by atoms with Crippen LogP contribution < -0.4 is 0 Å². The number of carboxylic acid groups (broad SMARTS) is 1. The van der Waals surface area contributed by atoms with Crippen LogP contribution in [0.2, 0.25) is 0 Å². The molecule has 1 atom stereocenters. The van der Waals surface area contributed by atoms with E-state index in [1.165, 1.54) is 0 Å². The third-order valence-corrected chi connectivity index (χ3v) is 5.05. The van der Waals surface area contributed by atoms with Crippen LogP contribution in [0.25, 0.3) is 11.1 Å². The maximum absolute atomic E-state index is 11.4. The average Bonchev–Trinajstić information content (AvgIpc) is 3.17. The second-order valence-corrected chi connectivity index (χ2v) is 6.77. The SMILES string of the molecule is O=C(O)c1ccccc1-c1ccc(CN2CCC[C@H]2c2ccccn2)nc1. The summed E-state index contributed by atoms with van der Waals surface area (Å²) in [7, 11) is 0. The molecule has 3 heterocycles. The van der Waals surface area contributed by atoms with Crippen molar-refractivity contribution in [2.24, 2.45) is 0 Å². The zero-order chi connectivity index (χ0) is 18.6. The fraction of sp³-hybridized carbons (Fsp3) is 0.227. The van der Waals surface area contributed by atoms with Gasteiger partial charge in [0.15, 0.2) is 0 Å². The van der Waals surface area contributed by atoms with Crippen LogP contribution in [0.15, 0.2) is 67.0 Å². The molecule has 1 aliphatic rings. The molecule has 0 amide bonds. The molecule has 1 N–H and O–H groups in total. The first-order chi connectivity index (χ1) is 13.2. The number of hydrogen-bond acceptors (Lipinski definition) is 4. The quantitative estimate of drug-likeness (QED) is 0.740. The van der Waals surface area contributed by atoms with E-state index in [-0.39, 0.29) is 0 Å². The molecule has 0 spiro atoms. The van der Waals surface area contributed by atoms with Crippen LogP contribution in [0.4, 0.5) is 0 Å². The van der Waals surface area contributed by atoms with E-state index in [0.717, 1.165) is 42.9 Å². The number of benzene rings is 1. The molecule has 0 saturated carbocycles. The smallest absolute Gasteiger partial charge is 0.336 e. The highest BCUT2D eigenvalue weighted by Crippen LogP contribution is 2.32. The van der Waals surface area contributed by atoms with Crippen molar-refractivity contribution < 1.29 is 9.90 Å². The Hall–Kier alpha value is -3.05. The van der Waals surface area contributed by atoms with E-state index in [1.807, 2.05) is 42.6 Å². The molecule has 0 aliphatic carbocycles. The lowest BCUT2D eigenvalue weighted by molar-refractivity contribution is 0.0697. The van der Waals surface area contributed by atoms with Crippen LogP contribution >= 0.6 is 0 Å². The van der Waals surface area contributed by atoms with Gasteiger partial charge in [0.1, 0.15) is 0 Å². The number of pyridine rings is 2. The Bertz CT molecular complexity index is 926. The normalized spacial score (nSPS) is 17.1. The van der Waals surface area contributed by atoms with E-state index in [0.29, 0.717) is 17.2 Å². The van der Waals surface area contributed by atoms with Gasteiger partial charge in [0.2, 0.25) is 0 Å². The first kappa shape index (κ1) is 17.4. The first-order valence-electron chi connectivity index (χ1n) is 9.15. The van der Waals surface area contributed by atoms with Gasteiger partial charge in [-0.2, -0.15) is 0 Å². The first-order valence-corrected chi connectivity index (χ1v) is 9.15. The van der Waals surface area contributed by atoms with E-state index < -0.39 is 5.97 Å². The van der Waals surface area contributed by atoms with Crippen LogP contribution in [0.5, 0.6) is 0 Å². The standard InChI is InChI=1S/C22H21N3O2/c26-22(27)19-7-2-1-6-18(19)16-10-11-17(24-14-16)15-25-13-5-9-21(25)20-8-3-4-12-23-20/h1-4,6-8,10-12,14,21H,5,9,13,15H2,(H,26,27)/t21-/m0/s1. The highest BCUT2D eigenvalue weighted by molar-refractivity contribution is 5.95. The third-order valence-electron chi connectivity index (χ3n) is 5.05. The van der Waals surface area contributed by atoms with Crippen molar-refractivity contribution in [2.75, 3.05) is 6.54 Å². The van der Waals surface area contributed by atoms with Gasteiger partial charge in [0.25, 0.3) is 0 Å². The molecule has 1 fully saturated rings. The summed E-state index contributed by atoms with van der Waals surface area (Å²) in [5.74, 6) is -0.926. The van der Waals surface area contributed by atoms with Crippen molar-refractivity contribution in [3.63, 3.8) is 0 Å². The van der Waals surface area contributed by atoms with Crippen molar-refractivity contribution in [2.45, 2.75) is 25.4 Å². The van der Waals surface area contributed by atoms with Crippen molar-refractivity contribution in [1.29, 1.82) is 0 Å². The molecule has 5 nitrogen and oxygen atoms in total. The number of carbonyl (C=O) groups is 1. The van der Waals surface area contributed by atoms with Gasteiger partial charge >= 0.3 is 5.97 Å². The molecule has 1 aliphatic heterocycles. The summed E-state index contributed by atoms with van der Waals surface area (Å²) in [6, 6.07) is 17.4. The van der Waals surface area contributed by atoms with E-state index in [2.05, 4.69) is 20.9 Å². The maximum atomic E-state index is 11.4. The van der Waals surface area contributed by atoms with Gasteiger partial charge in [-0.1, -0.05) is 30.3 Å². The monoisotopic (exact) mass is 359 g/mol. The van der Waals surface area contributed by atoms with Crippen molar-refractivity contribution in [3.8, 4) is 11.1 Å². The highest BCUT2D eigenvalue weighted by Gasteiger charge is 2.27. The largest absolute Gasteiger partial charge is 0.478 e. The summed E-state index contributed by atoms with van der Waals surface area (Å²) >= 11 is 0. The summed E-state index contributed by atoms with van der Waals surface area (Å²) in [6.45, 7) is 1.80. The Morgan fingerprint density at radius 3 is 2.67 bits per heavy atom. The molecule has 5 heteroatoms. The summed E-state index contributed by atoms with van der Waals surface area (Å²) < 4.78 is 0. The lowest BCUT2D eigenvalue weighted by atomic mass is 10.0. The molecule has 136 valence electrons. The predicted molar refractivity (Wildman–Crippen MR) is 103 cm³/mol. The van der Waals surface area contributed by atoms with E-state index >= 15 is 0 Å². The Balaban J connectivity index is 1.53. The molecule has 0 radical (unpaired) electrons. The van der Waals surface area contributed by atoms with Crippen LogP contribution in [-0.2, 0) is 6.54 Å². The van der Waals surface area contributed by atoms with Crippen molar-refractivity contribution >= 4 is 5.97 Å². The summed E-state index contributed by atoms with van der Waals surface area (Å²) in [6.07, 6.45) is 5.88. The maximum Gasteiger partial charge on any atom is 0.336 e. The van der Waals surface area contributed by atoms with E-state index in [9.17, 15) is 9.90 Å². The number of aromatic carboxylic acids is 1. The van der Waals surface area contributed by atoms with Gasteiger partial charge in [0, 0.05) is 24.5 Å². The van der Waals surface area contributed by atoms with Crippen LogP contribution in [0.1, 0.15) is 40.6 Å². The number of carboxylic acids is 1. The predicted octanol–water partition coefficient (Wildman–Crippen LogP) is 4.18. The summed E-state index contributed by atoms with van der Waals surface area (Å²) in [4.78, 5) is 22.9. The van der Waals surface area contributed by atoms with Gasteiger partial charge in [-0.25, -0.2) is 4.79 Å². The summed E-state index contributed by atoms with van der Waals surface area (Å²) in [5, 5.41) is 9.38. The molecule has 27 heavy (non-hydrogen) atoms.